The van der Waals surface area contributed by atoms with E-state index in [0.717, 1.165) is 46.6 Å². The van der Waals surface area contributed by atoms with Gasteiger partial charge < -0.3 is 25.3 Å². The van der Waals surface area contributed by atoms with Crippen LogP contribution in [0.3, 0.4) is 0 Å². The number of rotatable bonds is 11. The molecule has 0 spiro atoms. The van der Waals surface area contributed by atoms with Gasteiger partial charge in [-0.3, -0.25) is 9.69 Å². The van der Waals surface area contributed by atoms with Crippen molar-refractivity contribution in [2.75, 3.05) is 20.3 Å². The van der Waals surface area contributed by atoms with E-state index in [2.05, 4.69) is 11.9 Å². The molecule has 0 radical (unpaired) electrons. The largest absolute Gasteiger partial charge is 0.494 e. The molecule has 40 heavy (non-hydrogen) atoms. The summed E-state index contributed by atoms with van der Waals surface area (Å²) in [5.41, 5.74) is 10.6. The van der Waals surface area contributed by atoms with E-state index < -0.39 is 11.1 Å². The van der Waals surface area contributed by atoms with Crippen LogP contribution in [0, 0.1) is 0 Å². The lowest BCUT2D eigenvalue weighted by atomic mass is 9.88. The highest BCUT2D eigenvalue weighted by Gasteiger charge is 2.38. The lowest BCUT2D eigenvalue weighted by Crippen LogP contribution is -2.50. The van der Waals surface area contributed by atoms with Crippen molar-refractivity contribution in [2.24, 2.45) is 10.7 Å². The van der Waals surface area contributed by atoms with E-state index in [9.17, 15) is 4.79 Å². The molecule has 1 amide bonds. The van der Waals surface area contributed by atoms with Crippen molar-refractivity contribution in [3.8, 4) is 11.5 Å². The van der Waals surface area contributed by atoms with Gasteiger partial charge in [0.1, 0.15) is 11.5 Å². The van der Waals surface area contributed by atoms with Gasteiger partial charge in [0.2, 0.25) is 5.91 Å². The third-order valence-electron chi connectivity index (χ3n) is 8.12. The van der Waals surface area contributed by atoms with Crippen molar-refractivity contribution in [3.05, 3.63) is 71.3 Å². The molecule has 2 aromatic rings. The number of nitrogens with two attached hydrogens (primary N) is 1. The number of para-hydroxylation sites is 1. The first-order valence-electron chi connectivity index (χ1n) is 14.0. The topological polar surface area (TPSA) is 98.4 Å². The summed E-state index contributed by atoms with van der Waals surface area (Å²) in [5.74, 6) is 1.70. The smallest absolute Gasteiger partial charge is 0.232 e. The van der Waals surface area contributed by atoms with Gasteiger partial charge in [0, 0.05) is 23.9 Å². The zero-order chi connectivity index (χ0) is 29.1. The molecule has 0 saturated carbocycles. The van der Waals surface area contributed by atoms with Gasteiger partial charge in [-0.1, -0.05) is 32.6 Å². The molecule has 0 aliphatic carbocycles. The maximum absolute atomic E-state index is 13.2. The number of guanidine groups is 1. The average molecular weight is 547 g/mol. The number of nitrogens with one attached hydrogen (secondary N) is 1. The quantitative estimate of drug-likeness (QED) is 0.387. The summed E-state index contributed by atoms with van der Waals surface area (Å²) in [6, 6.07) is 13.8. The van der Waals surface area contributed by atoms with Gasteiger partial charge in [0.15, 0.2) is 11.6 Å². The molecule has 2 heterocycles. The van der Waals surface area contributed by atoms with Crippen LogP contribution in [0.2, 0.25) is 0 Å². The van der Waals surface area contributed by atoms with Crippen LogP contribution in [0.25, 0.3) is 11.4 Å². The van der Waals surface area contributed by atoms with E-state index in [1.165, 1.54) is 0 Å². The molecular weight excluding hydrogens is 504 g/mol. The molecule has 1 unspecified atom stereocenters. The summed E-state index contributed by atoms with van der Waals surface area (Å²) >= 11 is 0. The molecule has 8 heteroatoms. The minimum atomic E-state index is -0.632. The summed E-state index contributed by atoms with van der Waals surface area (Å²) in [6.45, 7) is 15.6. The number of carbonyl (C=O) groups excluding carboxylic acids is 1. The van der Waals surface area contributed by atoms with E-state index in [1.54, 1.807) is 12.0 Å². The zero-order valence-electron chi connectivity index (χ0n) is 24.6. The minimum Gasteiger partial charge on any atom is -0.494 e. The Morgan fingerprint density at radius 3 is 2.58 bits per heavy atom. The van der Waals surface area contributed by atoms with Crippen LogP contribution < -0.4 is 20.5 Å². The predicted molar refractivity (Wildman–Crippen MR) is 160 cm³/mol. The lowest BCUT2D eigenvalue weighted by molar-refractivity contribution is -0.130. The Morgan fingerprint density at radius 1 is 1.20 bits per heavy atom. The molecule has 8 nitrogen and oxygen atoms in total. The first-order chi connectivity index (χ1) is 19.1. The number of fused-ring (bicyclic) bond motifs is 1. The highest BCUT2D eigenvalue weighted by atomic mass is 16.5. The van der Waals surface area contributed by atoms with Crippen molar-refractivity contribution in [1.82, 2.24) is 10.2 Å². The van der Waals surface area contributed by atoms with Gasteiger partial charge in [-0.2, -0.15) is 0 Å². The zero-order valence-corrected chi connectivity index (χ0v) is 24.6. The first kappa shape index (κ1) is 29.2. The Morgan fingerprint density at radius 2 is 1.93 bits per heavy atom. The van der Waals surface area contributed by atoms with E-state index in [1.807, 2.05) is 77.1 Å². The van der Waals surface area contributed by atoms with Gasteiger partial charge in [-0.05, 0) is 75.1 Å². The van der Waals surface area contributed by atoms with Crippen molar-refractivity contribution in [3.63, 3.8) is 0 Å². The molecule has 214 valence electrons. The number of benzene rings is 2. The molecule has 0 fully saturated rings. The Bertz CT molecular complexity index is 1340. The fourth-order valence-corrected chi connectivity index (χ4v) is 5.38. The molecule has 0 bridgehead atoms. The van der Waals surface area contributed by atoms with Gasteiger partial charge in [-0.15, -0.1) is 0 Å². The third-order valence-corrected chi connectivity index (χ3v) is 8.12. The Kier molecular flexibility index (Phi) is 8.59. The van der Waals surface area contributed by atoms with Crippen LogP contribution in [0.1, 0.15) is 70.6 Å². The standard InChI is InChI=1S/C32H42N4O4/c1-8-32(9-2)18-28(37)36(30(33)35-32)19-24-17-23(15-16-26(24)39-10-3)22(5)34-29-21(4)31(6,20-38-7)40-27-14-12-11-13-25(27)29/h11-17,34H,5,8-10,18-20H2,1-4,6-7H3,(H2,33,35). The highest BCUT2D eigenvalue weighted by molar-refractivity contribution is 5.99. The van der Waals surface area contributed by atoms with Crippen molar-refractivity contribution >= 4 is 23.3 Å². The number of hydrogen-bond acceptors (Lipinski definition) is 7. The predicted octanol–water partition coefficient (Wildman–Crippen LogP) is 5.48. The van der Waals surface area contributed by atoms with Crippen LogP contribution in [-0.2, 0) is 16.1 Å². The van der Waals surface area contributed by atoms with E-state index in [4.69, 9.17) is 24.9 Å². The van der Waals surface area contributed by atoms with E-state index >= 15 is 0 Å². The number of carbonyl (C=O) groups is 1. The number of nitrogens with zero attached hydrogens (tertiary/aromatic N) is 2. The SMILES string of the molecule is C=C(NC1=C(C)C(C)(COC)Oc2ccccc21)c1ccc(OCC)c(CN2C(=O)CC(CC)(CC)N=C2N)c1. The fraction of sp³-hybridized carbons (Fsp3) is 0.438. The summed E-state index contributed by atoms with van der Waals surface area (Å²) in [6.07, 6.45) is 1.87. The summed E-state index contributed by atoms with van der Waals surface area (Å²) in [4.78, 5) is 19.5. The average Bonchev–Trinajstić information content (AvgIpc) is 2.94. The van der Waals surface area contributed by atoms with Crippen LogP contribution in [0.4, 0.5) is 0 Å². The van der Waals surface area contributed by atoms with Crippen LogP contribution in [0.5, 0.6) is 11.5 Å². The molecule has 1 atom stereocenters. The van der Waals surface area contributed by atoms with Crippen molar-refractivity contribution in [2.45, 2.75) is 71.6 Å². The monoisotopic (exact) mass is 546 g/mol. The van der Waals surface area contributed by atoms with Gasteiger partial charge >= 0.3 is 0 Å². The number of methoxy groups -OCH3 is 1. The Hall–Kier alpha value is -3.78. The first-order valence-corrected chi connectivity index (χ1v) is 14.0. The van der Waals surface area contributed by atoms with Crippen LogP contribution >= 0.6 is 0 Å². The van der Waals surface area contributed by atoms with Gasteiger partial charge in [-0.25, -0.2) is 4.99 Å². The normalized spacial score (nSPS) is 20.0. The van der Waals surface area contributed by atoms with Gasteiger partial charge in [0.05, 0.1) is 37.4 Å². The molecule has 4 rings (SSSR count). The van der Waals surface area contributed by atoms with E-state index in [0.29, 0.717) is 31.1 Å². The van der Waals surface area contributed by atoms with Crippen LogP contribution in [-0.4, -0.2) is 48.2 Å². The number of ether oxygens (including phenoxy) is 3. The molecule has 0 saturated heterocycles. The van der Waals surface area contributed by atoms with E-state index in [-0.39, 0.29) is 18.4 Å². The second kappa shape index (κ2) is 11.8. The summed E-state index contributed by atoms with van der Waals surface area (Å²) < 4.78 is 17.8. The number of aliphatic imine (C=N–C) groups is 1. The second-order valence-corrected chi connectivity index (χ2v) is 10.7. The molecule has 3 N–H and O–H groups in total. The van der Waals surface area contributed by atoms with Gasteiger partial charge in [0.25, 0.3) is 0 Å². The minimum absolute atomic E-state index is 0.0296. The fourth-order valence-electron chi connectivity index (χ4n) is 5.38. The van der Waals surface area contributed by atoms with Crippen LogP contribution in [0.15, 0.2) is 59.6 Å². The number of hydrogen-bond donors (Lipinski definition) is 2. The second-order valence-electron chi connectivity index (χ2n) is 10.7. The lowest BCUT2D eigenvalue weighted by Gasteiger charge is -2.38. The summed E-state index contributed by atoms with van der Waals surface area (Å²) in [5, 5.41) is 3.56. The third kappa shape index (κ3) is 5.59. The number of amides is 1. The maximum atomic E-state index is 13.2. The Balaban J connectivity index is 1.67. The molecule has 2 aliphatic rings. The van der Waals surface area contributed by atoms with Crippen molar-refractivity contribution < 1.29 is 19.0 Å². The molecular formula is C32H42N4O4. The van der Waals surface area contributed by atoms with Crippen molar-refractivity contribution in [1.29, 1.82) is 0 Å². The summed E-state index contributed by atoms with van der Waals surface area (Å²) in [7, 11) is 1.67. The molecule has 2 aromatic carbocycles. The highest BCUT2D eigenvalue weighted by Crippen LogP contribution is 2.40. The maximum Gasteiger partial charge on any atom is 0.232 e. The molecule has 2 aliphatic heterocycles. The molecule has 0 aromatic heterocycles. The Labute approximate surface area is 237 Å².